The van der Waals surface area contributed by atoms with Crippen molar-refractivity contribution in [1.82, 2.24) is 15.1 Å². The first-order chi connectivity index (χ1) is 8.99. The molecule has 0 amide bonds. The topological polar surface area (TPSA) is 29.9 Å². The van der Waals surface area contributed by atoms with Crippen LogP contribution < -0.4 is 5.32 Å². The third-order valence-corrected chi connectivity index (χ3v) is 5.36. The average molecular weight is 263 g/mol. The summed E-state index contributed by atoms with van der Waals surface area (Å²) in [5.41, 5.74) is 4.51. The van der Waals surface area contributed by atoms with Gasteiger partial charge in [0.05, 0.1) is 5.69 Å². The molecule has 1 fully saturated rings. The van der Waals surface area contributed by atoms with Crippen LogP contribution in [0.3, 0.4) is 0 Å². The Bertz CT molecular complexity index is 449. The molecule has 0 aromatic carbocycles. The first-order valence-corrected chi connectivity index (χ1v) is 7.76. The summed E-state index contributed by atoms with van der Waals surface area (Å²) in [7, 11) is 0. The van der Waals surface area contributed by atoms with E-state index < -0.39 is 0 Å². The van der Waals surface area contributed by atoms with E-state index in [1.807, 2.05) is 0 Å². The SMILES string of the molecule is CCNC1CC(c2c(C)nn(CC)c2C)C1(C)CC. The van der Waals surface area contributed by atoms with Crippen LogP contribution in [0.25, 0.3) is 0 Å². The maximum absolute atomic E-state index is 4.70. The molecule has 0 saturated heterocycles. The molecule has 2 rings (SSSR count). The lowest BCUT2D eigenvalue weighted by atomic mass is 9.53. The largest absolute Gasteiger partial charge is 0.314 e. The zero-order valence-electron chi connectivity index (χ0n) is 13.4. The van der Waals surface area contributed by atoms with Gasteiger partial charge >= 0.3 is 0 Å². The molecule has 3 unspecified atom stereocenters. The molecule has 1 N–H and O–H groups in total. The summed E-state index contributed by atoms with van der Waals surface area (Å²) in [6.45, 7) is 15.6. The lowest BCUT2D eigenvalue weighted by Crippen LogP contribution is -2.56. The van der Waals surface area contributed by atoms with Crippen LogP contribution in [0.4, 0.5) is 0 Å². The van der Waals surface area contributed by atoms with Crippen LogP contribution >= 0.6 is 0 Å². The minimum absolute atomic E-state index is 0.382. The molecule has 0 spiro atoms. The van der Waals surface area contributed by atoms with E-state index in [2.05, 4.69) is 51.5 Å². The Kier molecular flexibility index (Phi) is 4.05. The maximum atomic E-state index is 4.70. The van der Waals surface area contributed by atoms with E-state index in [9.17, 15) is 0 Å². The van der Waals surface area contributed by atoms with Gasteiger partial charge in [-0.05, 0) is 57.1 Å². The zero-order valence-corrected chi connectivity index (χ0v) is 13.4. The molecule has 1 aliphatic rings. The molecule has 0 aliphatic heterocycles. The van der Waals surface area contributed by atoms with E-state index in [0.29, 0.717) is 17.4 Å². The quantitative estimate of drug-likeness (QED) is 0.882. The van der Waals surface area contributed by atoms with Crippen LogP contribution in [0.5, 0.6) is 0 Å². The van der Waals surface area contributed by atoms with Crippen molar-refractivity contribution >= 4 is 0 Å². The lowest BCUT2D eigenvalue weighted by Gasteiger charge is -2.55. The molecule has 3 atom stereocenters. The van der Waals surface area contributed by atoms with Crippen LogP contribution in [0.15, 0.2) is 0 Å². The number of aryl methyl sites for hydroxylation is 2. The smallest absolute Gasteiger partial charge is 0.0631 e. The summed E-state index contributed by atoms with van der Waals surface area (Å²) >= 11 is 0. The highest BCUT2D eigenvalue weighted by atomic mass is 15.3. The minimum Gasteiger partial charge on any atom is -0.314 e. The molecular weight excluding hydrogens is 234 g/mol. The fourth-order valence-corrected chi connectivity index (χ4v) is 3.88. The van der Waals surface area contributed by atoms with Crippen molar-refractivity contribution in [2.45, 2.75) is 72.9 Å². The number of nitrogens with zero attached hydrogens (tertiary/aromatic N) is 2. The van der Waals surface area contributed by atoms with Crippen molar-refractivity contribution < 1.29 is 0 Å². The Labute approximate surface area is 117 Å². The van der Waals surface area contributed by atoms with Crippen molar-refractivity contribution in [3.05, 3.63) is 17.0 Å². The van der Waals surface area contributed by atoms with Gasteiger partial charge in [-0.15, -0.1) is 0 Å². The van der Waals surface area contributed by atoms with Crippen LogP contribution in [0.1, 0.15) is 63.4 Å². The first kappa shape index (κ1) is 14.6. The van der Waals surface area contributed by atoms with Gasteiger partial charge in [0.25, 0.3) is 0 Å². The van der Waals surface area contributed by atoms with Crippen molar-refractivity contribution in [2.75, 3.05) is 6.54 Å². The Morgan fingerprint density at radius 1 is 1.32 bits per heavy atom. The fraction of sp³-hybridized carbons (Fsp3) is 0.812. The summed E-state index contributed by atoms with van der Waals surface area (Å²) in [6.07, 6.45) is 2.49. The summed E-state index contributed by atoms with van der Waals surface area (Å²) in [5.74, 6) is 0.668. The molecule has 1 aromatic rings. The van der Waals surface area contributed by atoms with E-state index in [1.165, 1.54) is 29.8 Å². The summed E-state index contributed by atoms with van der Waals surface area (Å²) in [6, 6.07) is 0.663. The first-order valence-electron chi connectivity index (χ1n) is 7.76. The number of nitrogens with one attached hydrogen (secondary N) is 1. The molecular formula is C16H29N3. The van der Waals surface area contributed by atoms with Gasteiger partial charge in [-0.2, -0.15) is 5.10 Å². The average Bonchev–Trinajstić information content (AvgIpc) is 2.68. The standard InChI is InChI=1S/C16H29N3/c1-7-16(6)13(10-14(16)17-8-2)15-11(4)18-19(9-3)12(15)5/h13-14,17H,7-10H2,1-6H3. The molecule has 108 valence electrons. The molecule has 1 saturated carbocycles. The van der Waals surface area contributed by atoms with Crippen LogP contribution in [-0.2, 0) is 6.54 Å². The van der Waals surface area contributed by atoms with E-state index in [4.69, 9.17) is 5.10 Å². The van der Waals surface area contributed by atoms with Crippen molar-refractivity contribution in [1.29, 1.82) is 0 Å². The third kappa shape index (κ3) is 2.12. The third-order valence-electron chi connectivity index (χ3n) is 5.36. The molecule has 1 heterocycles. The number of aromatic nitrogens is 2. The summed E-state index contributed by atoms with van der Waals surface area (Å²) in [4.78, 5) is 0. The Morgan fingerprint density at radius 2 is 2.00 bits per heavy atom. The second kappa shape index (κ2) is 5.28. The number of hydrogen-bond donors (Lipinski definition) is 1. The molecule has 0 radical (unpaired) electrons. The Hall–Kier alpha value is -0.830. The van der Waals surface area contributed by atoms with Gasteiger partial charge < -0.3 is 5.32 Å². The second-order valence-corrected chi connectivity index (χ2v) is 6.16. The van der Waals surface area contributed by atoms with E-state index >= 15 is 0 Å². The van der Waals surface area contributed by atoms with Crippen LogP contribution in [0.2, 0.25) is 0 Å². The Morgan fingerprint density at radius 3 is 2.47 bits per heavy atom. The van der Waals surface area contributed by atoms with E-state index in [-0.39, 0.29) is 0 Å². The maximum Gasteiger partial charge on any atom is 0.0631 e. The van der Waals surface area contributed by atoms with Crippen LogP contribution in [-0.4, -0.2) is 22.4 Å². The fourth-order valence-electron chi connectivity index (χ4n) is 3.88. The van der Waals surface area contributed by atoms with Gasteiger partial charge in [0.1, 0.15) is 0 Å². The van der Waals surface area contributed by atoms with Gasteiger partial charge in [0.15, 0.2) is 0 Å². The highest BCUT2D eigenvalue weighted by Crippen LogP contribution is 2.56. The molecule has 3 heteroatoms. The van der Waals surface area contributed by atoms with Crippen molar-refractivity contribution in [3.63, 3.8) is 0 Å². The predicted molar refractivity (Wildman–Crippen MR) is 80.6 cm³/mol. The summed E-state index contributed by atoms with van der Waals surface area (Å²) in [5, 5.41) is 8.35. The molecule has 0 bridgehead atoms. The molecule has 1 aromatic heterocycles. The van der Waals surface area contributed by atoms with E-state index in [0.717, 1.165) is 13.1 Å². The molecule has 1 aliphatic carbocycles. The lowest BCUT2D eigenvalue weighted by molar-refractivity contribution is 0.0447. The monoisotopic (exact) mass is 263 g/mol. The second-order valence-electron chi connectivity index (χ2n) is 6.16. The molecule has 19 heavy (non-hydrogen) atoms. The van der Waals surface area contributed by atoms with Gasteiger partial charge in [0, 0.05) is 18.3 Å². The zero-order chi connectivity index (χ0) is 14.2. The van der Waals surface area contributed by atoms with Crippen molar-refractivity contribution in [2.24, 2.45) is 5.41 Å². The minimum atomic E-state index is 0.382. The molecule has 3 nitrogen and oxygen atoms in total. The van der Waals surface area contributed by atoms with Gasteiger partial charge in [0.2, 0.25) is 0 Å². The van der Waals surface area contributed by atoms with Gasteiger partial charge in [-0.25, -0.2) is 0 Å². The van der Waals surface area contributed by atoms with Gasteiger partial charge in [-0.1, -0.05) is 20.8 Å². The van der Waals surface area contributed by atoms with Crippen LogP contribution in [0, 0.1) is 19.3 Å². The van der Waals surface area contributed by atoms with E-state index in [1.54, 1.807) is 0 Å². The number of rotatable bonds is 5. The predicted octanol–water partition coefficient (Wildman–Crippen LogP) is 3.40. The van der Waals surface area contributed by atoms with Gasteiger partial charge in [-0.3, -0.25) is 4.68 Å². The highest BCUT2D eigenvalue weighted by molar-refractivity contribution is 5.35. The highest BCUT2D eigenvalue weighted by Gasteiger charge is 2.51. The normalized spacial score (nSPS) is 30.4. The number of hydrogen-bond acceptors (Lipinski definition) is 2. The summed E-state index contributed by atoms with van der Waals surface area (Å²) < 4.78 is 2.15. The van der Waals surface area contributed by atoms with Crippen molar-refractivity contribution in [3.8, 4) is 0 Å². The Balaban J connectivity index is 2.31.